The van der Waals surface area contributed by atoms with Gasteiger partial charge < -0.3 is 14.9 Å². The van der Waals surface area contributed by atoms with Crippen LogP contribution in [0.3, 0.4) is 0 Å². The Morgan fingerprint density at radius 3 is 1.63 bits per heavy atom. The third-order valence-corrected chi connectivity index (χ3v) is 10.1. The normalized spacial score (nSPS) is 14.7. The molecule has 0 bridgehead atoms. The third-order valence-electron chi connectivity index (χ3n) is 10.1. The summed E-state index contributed by atoms with van der Waals surface area (Å²) in [4.78, 5) is 29.0. The highest BCUT2D eigenvalue weighted by atomic mass is 19.4. The van der Waals surface area contributed by atoms with Crippen molar-refractivity contribution in [1.82, 2.24) is 39.1 Å². The fourth-order valence-electron chi connectivity index (χ4n) is 7.20. The fraction of sp³-hybridized carbons (Fsp3) is 0.333. The van der Waals surface area contributed by atoms with E-state index in [1.165, 1.54) is 54.1 Å². The molecule has 2 aliphatic heterocycles. The maximum atomic E-state index is 13.2. The van der Waals surface area contributed by atoms with Gasteiger partial charge in [-0.25, -0.2) is 18.1 Å². The Hall–Kier alpha value is -6.38. The van der Waals surface area contributed by atoms with Crippen molar-refractivity contribution in [2.24, 2.45) is 0 Å². The summed E-state index contributed by atoms with van der Waals surface area (Å²) in [7, 11) is 0. The smallest absolute Gasteiger partial charge is 0.394 e. The number of hydrogen-bond donors (Lipinski definition) is 1. The van der Waals surface area contributed by atoms with E-state index in [0.717, 1.165) is 32.9 Å². The maximum Gasteiger partial charge on any atom is 0.435 e. The zero-order chi connectivity index (χ0) is 43.1. The van der Waals surface area contributed by atoms with Crippen LogP contribution in [0.1, 0.15) is 53.0 Å². The van der Waals surface area contributed by atoms with Gasteiger partial charge in [0.15, 0.2) is 17.4 Å². The summed E-state index contributed by atoms with van der Waals surface area (Å²) in [6.07, 6.45) is -3.63. The number of aliphatic hydroxyl groups excluding tert-OH is 1. The molecule has 21 heteroatoms. The summed E-state index contributed by atoms with van der Waals surface area (Å²) in [5.41, 5.74) is 2.12. The van der Waals surface area contributed by atoms with E-state index in [0.29, 0.717) is 61.5 Å². The minimum absolute atomic E-state index is 0.110. The summed E-state index contributed by atoms with van der Waals surface area (Å²) in [6, 6.07) is 12.0. The Balaban J connectivity index is 0.000000182. The Morgan fingerprint density at radius 2 is 1.17 bits per heavy atom. The number of fused-ring (bicyclic) bond motifs is 2. The molecule has 2 aliphatic rings. The van der Waals surface area contributed by atoms with Gasteiger partial charge in [-0.05, 0) is 100 Å². The number of amides is 2. The molecule has 0 saturated heterocycles. The zero-order valence-electron chi connectivity index (χ0n) is 31.9. The van der Waals surface area contributed by atoms with Gasteiger partial charge in [-0.2, -0.15) is 46.7 Å². The van der Waals surface area contributed by atoms with Crippen molar-refractivity contribution < 1.29 is 49.8 Å². The van der Waals surface area contributed by atoms with Crippen molar-refractivity contribution in [2.75, 3.05) is 29.5 Å². The van der Waals surface area contributed by atoms with Crippen molar-refractivity contribution in [3.8, 4) is 11.4 Å². The maximum absolute atomic E-state index is 13.2. The molecule has 6 heterocycles. The van der Waals surface area contributed by atoms with Gasteiger partial charge in [-0.15, -0.1) is 0 Å². The van der Waals surface area contributed by atoms with Crippen LogP contribution in [0, 0.1) is 25.5 Å². The zero-order valence-corrected chi connectivity index (χ0v) is 31.9. The number of aryl methyl sites for hydroxylation is 2. The first-order valence-electron chi connectivity index (χ1n) is 18.6. The standard InChI is InChI=1S/C20H19F4N5O2.C19H17F4N5O/c1-12-9-18(20(22,23)24)26-28(12)17(11-30)19(31)27-8-2-3-15-16(27)10-25-29(15)14-6-4-13(21)5-7-14;1-12-9-17(19(21,22)23)25-27(12)11-18(29)26-8-2-3-15-16(26)10-24-28(15)14-6-4-13(20)5-7-14/h4-7,9-10,17,30H,2-3,8,11H2,1H3;4-7,9-10H,2-3,8,11H2,1H3. The number of carbonyl (C=O) groups excluding carboxylic acids is 2. The average molecular weight is 845 g/mol. The van der Waals surface area contributed by atoms with Crippen LogP contribution in [0.5, 0.6) is 0 Å². The lowest BCUT2D eigenvalue weighted by molar-refractivity contribution is -0.142. The number of anilines is 2. The Kier molecular flexibility index (Phi) is 11.4. The van der Waals surface area contributed by atoms with Gasteiger partial charge in [-0.1, -0.05) is 0 Å². The second-order valence-electron chi connectivity index (χ2n) is 14.1. The molecule has 8 rings (SSSR count). The van der Waals surface area contributed by atoms with E-state index in [1.807, 2.05) is 0 Å². The highest BCUT2D eigenvalue weighted by Crippen LogP contribution is 2.34. The lowest BCUT2D eigenvalue weighted by Crippen LogP contribution is -2.42. The topological polar surface area (TPSA) is 132 Å². The molecular formula is C39H36F8N10O3. The van der Waals surface area contributed by atoms with Crippen LogP contribution in [-0.2, 0) is 41.3 Å². The number of alkyl halides is 6. The number of hydrogen-bond acceptors (Lipinski definition) is 7. The minimum atomic E-state index is -4.66. The van der Waals surface area contributed by atoms with Crippen LogP contribution in [0.2, 0.25) is 0 Å². The molecule has 13 nitrogen and oxygen atoms in total. The molecule has 1 N–H and O–H groups in total. The Labute approximate surface area is 336 Å². The van der Waals surface area contributed by atoms with E-state index >= 15 is 0 Å². The summed E-state index contributed by atoms with van der Waals surface area (Å²) in [5, 5.41) is 25.5. The van der Waals surface area contributed by atoms with Crippen LogP contribution in [0.15, 0.2) is 73.1 Å². The molecule has 4 aromatic heterocycles. The lowest BCUT2D eigenvalue weighted by atomic mass is 10.1. The van der Waals surface area contributed by atoms with Gasteiger partial charge >= 0.3 is 12.4 Å². The predicted molar refractivity (Wildman–Crippen MR) is 198 cm³/mol. The van der Waals surface area contributed by atoms with E-state index in [-0.39, 0.29) is 35.5 Å². The van der Waals surface area contributed by atoms with Gasteiger partial charge in [0, 0.05) is 24.5 Å². The number of halogens is 8. The number of carbonyl (C=O) groups is 2. The van der Waals surface area contributed by atoms with Crippen LogP contribution in [-0.4, -0.2) is 75.7 Å². The van der Waals surface area contributed by atoms with E-state index < -0.39 is 42.3 Å². The number of aromatic nitrogens is 8. The summed E-state index contributed by atoms with van der Waals surface area (Å²) in [6.45, 7) is 2.62. The van der Waals surface area contributed by atoms with Crippen molar-refractivity contribution in [3.63, 3.8) is 0 Å². The van der Waals surface area contributed by atoms with Gasteiger partial charge in [0.2, 0.25) is 5.91 Å². The Morgan fingerprint density at radius 1 is 0.700 bits per heavy atom. The van der Waals surface area contributed by atoms with Crippen LogP contribution >= 0.6 is 0 Å². The van der Waals surface area contributed by atoms with E-state index in [4.69, 9.17) is 0 Å². The van der Waals surface area contributed by atoms with E-state index in [1.54, 1.807) is 39.8 Å². The lowest BCUT2D eigenvalue weighted by Gasteiger charge is -2.30. The quantitative estimate of drug-likeness (QED) is 0.180. The summed E-state index contributed by atoms with van der Waals surface area (Å²) in [5.74, 6) is -1.70. The molecule has 0 saturated carbocycles. The first-order valence-corrected chi connectivity index (χ1v) is 18.6. The van der Waals surface area contributed by atoms with Gasteiger partial charge in [0.25, 0.3) is 5.91 Å². The molecule has 2 aromatic carbocycles. The van der Waals surface area contributed by atoms with Crippen LogP contribution in [0.25, 0.3) is 11.4 Å². The molecule has 0 radical (unpaired) electrons. The van der Waals surface area contributed by atoms with Gasteiger partial charge in [0.05, 0.1) is 53.1 Å². The molecule has 0 spiro atoms. The Bertz CT molecular complexity index is 2500. The van der Waals surface area contributed by atoms with Gasteiger partial charge in [-0.3, -0.25) is 19.0 Å². The minimum Gasteiger partial charge on any atom is -0.394 e. The molecule has 1 atom stereocenters. The second-order valence-corrected chi connectivity index (χ2v) is 14.1. The van der Waals surface area contributed by atoms with Crippen molar-refractivity contribution in [2.45, 2.75) is 64.5 Å². The van der Waals surface area contributed by atoms with E-state index in [2.05, 4.69) is 20.4 Å². The second kappa shape index (κ2) is 16.3. The van der Waals surface area contributed by atoms with Crippen molar-refractivity contribution >= 4 is 23.2 Å². The number of nitrogens with zero attached hydrogens (tertiary/aromatic N) is 10. The third kappa shape index (κ3) is 8.38. The molecule has 0 aliphatic carbocycles. The van der Waals surface area contributed by atoms with Crippen molar-refractivity contribution in [3.05, 3.63) is 119 Å². The van der Waals surface area contributed by atoms with Crippen molar-refractivity contribution in [1.29, 1.82) is 0 Å². The SMILES string of the molecule is Cc1cc(C(F)(F)F)nn1C(CO)C(=O)N1CCCc2c1cnn2-c1ccc(F)cc1.Cc1cc(C(F)(F)F)nn1CC(=O)N1CCCc2c1cnn2-c1ccc(F)cc1. The monoisotopic (exact) mass is 844 g/mol. The van der Waals surface area contributed by atoms with Crippen LogP contribution < -0.4 is 9.80 Å². The average Bonchev–Trinajstić information content (AvgIpc) is 4.01. The predicted octanol–water partition coefficient (Wildman–Crippen LogP) is 6.56. The number of rotatable bonds is 7. The summed E-state index contributed by atoms with van der Waals surface area (Å²) >= 11 is 0. The first-order chi connectivity index (χ1) is 28.4. The molecule has 0 fully saturated rings. The number of benzene rings is 2. The molecule has 316 valence electrons. The molecule has 6 aromatic rings. The number of aliphatic hydroxyl groups is 1. The highest BCUT2D eigenvalue weighted by Gasteiger charge is 2.38. The molecule has 2 amide bonds. The molecule has 60 heavy (non-hydrogen) atoms. The van der Waals surface area contributed by atoms with E-state index in [9.17, 15) is 49.8 Å². The fourth-order valence-corrected chi connectivity index (χ4v) is 7.20. The molecular weight excluding hydrogens is 808 g/mol. The largest absolute Gasteiger partial charge is 0.435 e. The highest BCUT2D eigenvalue weighted by molar-refractivity contribution is 5.97. The van der Waals surface area contributed by atoms with Gasteiger partial charge in [0.1, 0.15) is 18.2 Å². The summed E-state index contributed by atoms with van der Waals surface area (Å²) < 4.78 is 109. The van der Waals surface area contributed by atoms with Crippen LogP contribution in [0.4, 0.5) is 46.5 Å². The first kappa shape index (κ1) is 41.8. The molecule has 1 unspecified atom stereocenters.